The standard InChI is InChI=1S/C17H23N3O5S/c1-12(21)18-14-3-5-15(6-4-14)19-17(23)7-9-20(13(2)22)16-8-10-26(24,25)11-16/h3-6,16H,7-11H2,1-2H3,(H,18,21)(H,19,23). The summed E-state index contributed by atoms with van der Waals surface area (Å²) >= 11 is 0. The van der Waals surface area contributed by atoms with Crippen LogP contribution in [0, 0.1) is 0 Å². The number of hydrogen-bond acceptors (Lipinski definition) is 5. The zero-order chi connectivity index (χ0) is 19.3. The molecule has 8 nitrogen and oxygen atoms in total. The molecule has 1 fully saturated rings. The van der Waals surface area contributed by atoms with Crippen LogP contribution < -0.4 is 10.6 Å². The summed E-state index contributed by atoms with van der Waals surface area (Å²) in [5, 5.41) is 5.35. The Labute approximate surface area is 152 Å². The number of carbonyl (C=O) groups excluding carboxylic acids is 3. The molecule has 0 spiro atoms. The van der Waals surface area contributed by atoms with Gasteiger partial charge in [-0.3, -0.25) is 14.4 Å². The smallest absolute Gasteiger partial charge is 0.226 e. The summed E-state index contributed by atoms with van der Waals surface area (Å²) in [4.78, 5) is 36.4. The van der Waals surface area contributed by atoms with Crippen molar-refractivity contribution in [2.75, 3.05) is 28.7 Å². The third-order valence-electron chi connectivity index (χ3n) is 4.12. The highest BCUT2D eigenvalue weighted by molar-refractivity contribution is 7.91. The molecule has 1 saturated heterocycles. The number of amides is 3. The van der Waals surface area contributed by atoms with Gasteiger partial charge in [-0.1, -0.05) is 0 Å². The summed E-state index contributed by atoms with van der Waals surface area (Å²) in [5.74, 6) is -0.656. The second-order valence-electron chi connectivity index (χ2n) is 6.33. The van der Waals surface area contributed by atoms with Gasteiger partial charge in [-0.25, -0.2) is 8.42 Å². The number of nitrogens with one attached hydrogen (secondary N) is 2. The van der Waals surface area contributed by atoms with Gasteiger partial charge in [-0.15, -0.1) is 0 Å². The first-order chi connectivity index (χ1) is 12.2. The SMILES string of the molecule is CC(=O)Nc1ccc(NC(=O)CCN(C(C)=O)C2CCS(=O)(=O)C2)cc1. The first-order valence-electron chi connectivity index (χ1n) is 8.31. The van der Waals surface area contributed by atoms with Gasteiger partial charge in [0.2, 0.25) is 17.7 Å². The van der Waals surface area contributed by atoms with Crippen molar-refractivity contribution in [3.63, 3.8) is 0 Å². The fourth-order valence-corrected chi connectivity index (χ4v) is 4.63. The zero-order valence-corrected chi connectivity index (χ0v) is 15.6. The van der Waals surface area contributed by atoms with Gasteiger partial charge in [0.05, 0.1) is 11.5 Å². The van der Waals surface area contributed by atoms with Gasteiger partial charge in [0.25, 0.3) is 0 Å². The summed E-state index contributed by atoms with van der Waals surface area (Å²) in [5.41, 5.74) is 1.20. The number of anilines is 2. The van der Waals surface area contributed by atoms with Crippen molar-refractivity contribution in [3.05, 3.63) is 24.3 Å². The molecule has 2 rings (SSSR count). The van der Waals surface area contributed by atoms with E-state index in [-0.39, 0.29) is 48.2 Å². The van der Waals surface area contributed by atoms with Gasteiger partial charge in [-0.2, -0.15) is 0 Å². The van der Waals surface area contributed by atoms with E-state index < -0.39 is 9.84 Å². The molecule has 0 aromatic heterocycles. The maximum Gasteiger partial charge on any atom is 0.226 e. The van der Waals surface area contributed by atoms with Crippen LogP contribution in [-0.4, -0.2) is 55.1 Å². The minimum absolute atomic E-state index is 0.0428. The number of sulfone groups is 1. The normalized spacial score (nSPS) is 18.2. The Balaban J connectivity index is 1.88. The molecule has 3 amide bonds. The van der Waals surface area contributed by atoms with Crippen LogP contribution in [0.1, 0.15) is 26.7 Å². The van der Waals surface area contributed by atoms with Crippen LogP contribution in [0.15, 0.2) is 24.3 Å². The Morgan fingerprint density at radius 3 is 2.12 bits per heavy atom. The molecule has 9 heteroatoms. The lowest BCUT2D eigenvalue weighted by Crippen LogP contribution is -2.41. The number of carbonyl (C=O) groups is 3. The van der Waals surface area contributed by atoms with E-state index in [2.05, 4.69) is 10.6 Å². The van der Waals surface area contributed by atoms with Crippen molar-refractivity contribution in [1.29, 1.82) is 0 Å². The lowest BCUT2D eigenvalue weighted by atomic mass is 10.2. The lowest BCUT2D eigenvalue weighted by molar-refractivity contribution is -0.131. The Morgan fingerprint density at radius 2 is 1.65 bits per heavy atom. The number of rotatable bonds is 6. The minimum Gasteiger partial charge on any atom is -0.338 e. The minimum atomic E-state index is -3.10. The average Bonchev–Trinajstić information content (AvgIpc) is 2.88. The van der Waals surface area contributed by atoms with Crippen LogP contribution >= 0.6 is 0 Å². The Bertz CT molecular complexity index is 789. The van der Waals surface area contributed by atoms with E-state index in [4.69, 9.17) is 0 Å². The molecule has 1 atom stereocenters. The van der Waals surface area contributed by atoms with Crippen LogP contribution in [0.5, 0.6) is 0 Å². The van der Waals surface area contributed by atoms with Crippen LogP contribution in [0.4, 0.5) is 11.4 Å². The summed E-state index contributed by atoms with van der Waals surface area (Å²) in [6.07, 6.45) is 0.484. The molecule has 1 aromatic carbocycles. The van der Waals surface area contributed by atoms with Crippen molar-refractivity contribution >= 4 is 38.9 Å². The van der Waals surface area contributed by atoms with Crippen molar-refractivity contribution in [3.8, 4) is 0 Å². The van der Waals surface area contributed by atoms with Crippen LogP contribution in [0.3, 0.4) is 0 Å². The maximum absolute atomic E-state index is 12.1. The third-order valence-corrected chi connectivity index (χ3v) is 5.87. The van der Waals surface area contributed by atoms with E-state index in [9.17, 15) is 22.8 Å². The van der Waals surface area contributed by atoms with Crippen LogP contribution in [0.2, 0.25) is 0 Å². The second-order valence-corrected chi connectivity index (χ2v) is 8.55. The van der Waals surface area contributed by atoms with Gasteiger partial charge in [0.1, 0.15) is 0 Å². The topological polar surface area (TPSA) is 113 Å². The lowest BCUT2D eigenvalue weighted by Gasteiger charge is -2.26. The summed E-state index contributed by atoms with van der Waals surface area (Å²) in [6.45, 7) is 2.96. The molecule has 1 aliphatic rings. The molecule has 1 aliphatic heterocycles. The zero-order valence-electron chi connectivity index (χ0n) is 14.8. The Morgan fingerprint density at radius 1 is 1.08 bits per heavy atom. The van der Waals surface area contributed by atoms with Crippen molar-refractivity contribution < 1.29 is 22.8 Å². The molecule has 1 heterocycles. The third kappa shape index (κ3) is 5.83. The molecule has 142 valence electrons. The van der Waals surface area contributed by atoms with Gasteiger partial charge < -0.3 is 15.5 Å². The predicted molar refractivity (Wildman–Crippen MR) is 98.4 cm³/mol. The van der Waals surface area contributed by atoms with Crippen LogP contribution in [-0.2, 0) is 24.2 Å². The quantitative estimate of drug-likeness (QED) is 0.764. The van der Waals surface area contributed by atoms with E-state index in [0.29, 0.717) is 17.8 Å². The van der Waals surface area contributed by atoms with E-state index in [1.807, 2.05) is 0 Å². The van der Waals surface area contributed by atoms with Crippen molar-refractivity contribution in [1.82, 2.24) is 4.90 Å². The molecule has 1 aromatic rings. The molecule has 2 N–H and O–H groups in total. The highest BCUT2D eigenvalue weighted by Gasteiger charge is 2.33. The van der Waals surface area contributed by atoms with E-state index in [1.165, 1.54) is 18.7 Å². The Kier molecular flexibility index (Phi) is 6.36. The van der Waals surface area contributed by atoms with Crippen molar-refractivity contribution in [2.45, 2.75) is 32.7 Å². The van der Waals surface area contributed by atoms with Gasteiger partial charge >= 0.3 is 0 Å². The highest BCUT2D eigenvalue weighted by atomic mass is 32.2. The molecule has 1 unspecified atom stereocenters. The highest BCUT2D eigenvalue weighted by Crippen LogP contribution is 2.19. The largest absolute Gasteiger partial charge is 0.338 e. The summed E-state index contributed by atoms with van der Waals surface area (Å²) < 4.78 is 23.2. The fourth-order valence-electron chi connectivity index (χ4n) is 2.90. The number of benzene rings is 1. The first-order valence-corrected chi connectivity index (χ1v) is 10.1. The summed E-state index contributed by atoms with van der Waals surface area (Å²) in [6, 6.07) is 6.30. The molecule has 0 bridgehead atoms. The molecular formula is C17H23N3O5S. The van der Waals surface area contributed by atoms with Gasteiger partial charge in [-0.05, 0) is 30.7 Å². The van der Waals surface area contributed by atoms with E-state index in [0.717, 1.165) is 0 Å². The number of hydrogen-bond donors (Lipinski definition) is 2. The van der Waals surface area contributed by atoms with Gasteiger partial charge in [0.15, 0.2) is 9.84 Å². The molecule has 0 aliphatic carbocycles. The molecule has 0 saturated carbocycles. The average molecular weight is 381 g/mol. The molecular weight excluding hydrogens is 358 g/mol. The maximum atomic E-state index is 12.1. The Hall–Kier alpha value is -2.42. The summed E-state index contributed by atoms with van der Waals surface area (Å²) in [7, 11) is -3.10. The monoisotopic (exact) mass is 381 g/mol. The molecule has 26 heavy (non-hydrogen) atoms. The predicted octanol–water partition coefficient (Wildman–Crippen LogP) is 1.01. The van der Waals surface area contributed by atoms with Crippen LogP contribution in [0.25, 0.3) is 0 Å². The molecule has 0 radical (unpaired) electrons. The van der Waals surface area contributed by atoms with E-state index >= 15 is 0 Å². The second kappa shape index (κ2) is 8.31. The van der Waals surface area contributed by atoms with E-state index in [1.54, 1.807) is 24.3 Å². The number of nitrogens with zero attached hydrogens (tertiary/aromatic N) is 1. The fraction of sp³-hybridized carbons (Fsp3) is 0.471. The first kappa shape index (κ1) is 19.9. The van der Waals surface area contributed by atoms with Gasteiger partial charge in [0, 0.05) is 44.2 Å². The van der Waals surface area contributed by atoms with Crippen molar-refractivity contribution in [2.24, 2.45) is 0 Å².